The summed E-state index contributed by atoms with van der Waals surface area (Å²) < 4.78 is 26.6. The third kappa shape index (κ3) is 4.18. The molecule has 19 heavy (non-hydrogen) atoms. The maximum atomic E-state index is 13.5. The van der Waals surface area contributed by atoms with Crippen molar-refractivity contribution in [3.05, 3.63) is 29.8 Å². The first-order valence-corrected chi connectivity index (χ1v) is 6.77. The zero-order valence-electron chi connectivity index (χ0n) is 11.2. The largest absolute Gasteiger partial charge is 0.368 e. The summed E-state index contributed by atoms with van der Waals surface area (Å²) in [5, 5.41) is 2.77. The van der Waals surface area contributed by atoms with E-state index in [2.05, 4.69) is 5.32 Å². The summed E-state index contributed by atoms with van der Waals surface area (Å²) in [5.41, 5.74) is 4.47. The van der Waals surface area contributed by atoms with Gasteiger partial charge in [-0.25, -0.2) is 8.78 Å². The van der Waals surface area contributed by atoms with Gasteiger partial charge in [-0.05, 0) is 38.6 Å². The highest BCUT2D eigenvalue weighted by molar-refractivity contribution is 8.00. The molecule has 1 rings (SSSR count). The number of halogens is 2. The number of primary amides is 1. The van der Waals surface area contributed by atoms with Crippen LogP contribution in [-0.2, 0) is 4.79 Å². The molecule has 2 unspecified atom stereocenters. The quantitative estimate of drug-likeness (QED) is 0.790. The maximum Gasteiger partial charge on any atom is 0.237 e. The van der Waals surface area contributed by atoms with Gasteiger partial charge in [0.1, 0.15) is 11.6 Å². The van der Waals surface area contributed by atoms with Gasteiger partial charge in [0.2, 0.25) is 5.91 Å². The lowest BCUT2D eigenvalue weighted by Gasteiger charge is -2.28. The summed E-state index contributed by atoms with van der Waals surface area (Å²) in [6.45, 7) is 3.53. The molecule has 0 radical (unpaired) electrons. The Morgan fingerprint density at radius 3 is 2.68 bits per heavy atom. The topological polar surface area (TPSA) is 55.1 Å². The van der Waals surface area contributed by atoms with Crippen LogP contribution in [0.2, 0.25) is 0 Å². The molecular weight excluding hydrogens is 270 g/mol. The molecule has 0 aromatic heterocycles. The van der Waals surface area contributed by atoms with E-state index in [-0.39, 0.29) is 10.1 Å². The summed E-state index contributed by atoms with van der Waals surface area (Å²) in [6.07, 6.45) is 0.416. The Kier molecular flexibility index (Phi) is 5.31. The third-order valence-corrected chi connectivity index (χ3v) is 4.15. The Hall–Kier alpha value is -1.14. The highest BCUT2D eigenvalue weighted by Crippen LogP contribution is 2.30. The molecule has 0 bridgehead atoms. The van der Waals surface area contributed by atoms with Crippen molar-refractivity contribution in [2.45, 2.75) is 36.0 Å². The van der Waals surface area contributed by atoms with Gasteiger partial charge in [-0.3, -0.25) is 4.79 Å². The second-order valence-electron chi connectivity index (χ2n) is 4.65. The summed E-state index contributed by atoms with van der Waals surface area (Å²) >= 11 is 1.18. The molecule has 0 aliphatic carbocycles. The van der Waals surface area contributed by atoms with E-state index in [1.54, 1.807) is 14.0 Å². The number of hydrogen-bond donors (Lipinski definition) is 2. The van der Waals surface area contributed by atoms with Gasteiger partial charge < -0.3 is 11.1 Å². The molecule has 1 amide bonds. The molecule has 3 nitrogen and oxygen atoms in total. The molecule has 0 saturated heterocycles. The Morgan fingerprint density at radius 1 is 1.53 bits per heavy atom. The molecule has 0 spiro atoms. The number of hydrogen-bond acceptors (Lipinski definition) is 3. The minimum absolute atomic E-state index is 0.0961. The van der Waals surface area contributed by atoms with Crippen LogP contribution in [0.1, 0.15) is 20.3 Å². The molecule has 2 atom stereocenters. The number of carbonyl (C=O) groups excluding carboxylic acids is 1. The van der Waals surface area contributed by atoms with Gasteiger partial charge in [0, 0.05) is 10.1 Å². The van der Waals surface area contributed by atoms with Crippen LogP contribution in [0.3, 0.4) is 0 Å². The molecule has 0 aliphatic rings. The Morgan fingerprint density at radius 2 is 2.16 bits per heavy atom. The normalized spacial score (nSPS) is 15.8. The minimum atomic E-state index is -0.865. The van der Waals surface area contributed by atoms with Crippen LogP contribution < -0.4 is 11.1 Å². The van der Waals surface area contributed by atoms with Gasteiger partial charge in [-0.1, -0.05) is 6.92 Å². The van der Waals surface area contributed by atoms with Crippen molar-refractivity contribution in [2.24, 2.45) is 5.73 Å². The number of benzene rings is 1. The number of likely N-dealkylation sites (N-methyl/N-ethyl adjacent to an activating group) is 1. The number of nitrogens with one attached hydrogen (secondary N) is 1. The monoisotopic (exact) mass is 288 g/mol. The van der Waals surface area contributed by atoms with Crippen molar-refractivity contribution in [2.75, 3.05) is 7.05 Å². The number of thioether (sulfide) groups is 1. The lowest BCUT2D eigenvalue weighted by Crippen LogP contribution is -2.52. The molecule has 106 valence electrons. The van der Waals surface area contributed by atoms with Crippen LogP contribution in [0.4, 0.5) is 8.78 Å². The third-order valence-electron chi connectivity index (χ3n) is 3.01. The van der Waals surface area contributed by atoms with E-state index in [9.17, 15) is 13.6 Å². The van der Waals surface area contributed by atoms with Gasteiger partial charge in [-0.15, -0.1) is 11.8 Å². The molecule has 0 saturated carbocycles. The smallest absolute Gasteiger partial charge is 0.237 e. The maximum absolute atomic E-state index is 13.5. The van der Waals surface area contributed by atoms with Crippen LogP contribution in [0.5, 0.6) is 0 Å². The minimum Gasteiger partial charge on any atom is -0.368 e. The molecule has 0 heterocycles. The Labute approximate surface area is 115 Å². The zero-order chi connectivity index (χ0) is 14.6. The SMILES string of the molecule is CNC(C)(CC(C)Sc1cc(F)ccc1F)C(N)=O. The standard InChI is InChI=1S/C13H18F2N2OS/c1-8(7-13(2,17-3)12(16)18)19-11-6-9(14)4-5-10(11)15/h4-6,8,17H,7H2,1-3H3,(H2,16,18). The highest BCUT2D eigenvalue weighted by Gasteiger charge is 2.31. The fourth-order valence-corrected chi connectivity index (χ4v) is 2.94. The van der Waals surface area contributed by atoms with Gasteiger partial charge in [0.25, 0.3) is 0 Å². The number of amides is 1. The van der Waals surface area contributed by atoms with E-state index >= 15 is 0 Å². The highest BCUT2D eigenvalue weighted by atomic mass is 32.2. The van der Waals surface area contributed by atoms with Crippen LogP contribution in [0, 0.1) is 11.6 Å². The predicted molar refractivity (Wildman–Crippen MR) is 73.0 cm³/mol. The van der Waals surface area contributed by atoms with Crippen LogP contribution >= 0.6 is 11.8 Å². The first-order valence-electron chi connectivity index (χ1n) is 5.89. The first kappa shape index (κ1) is 15.9. The van der Waals surface area contributed by atoms with Gasteiger partial charge in [0.05, 0.1) is 5.54 Å². The van der Waals surface area contributed by atoms with E-state index in [0.717, 1.165) is 18.2 Å². The van der Waals surface area contributed by atoms with Crippen molar-refractivity contribution < 1.29 is 13.6 Å². The molecule has 0 fully saturated rings. The van der Waals surface area contributed by atoms with E-state index < -0.39 is 23.1 Å². The van der Waals surface area contributed by atoms with Crippen molar-refractivity contribution >= 4 is 17.7 Å². The molecular formula is C13H18F2N2OS. The van der Waals surface area contributed by atoms with Crippen molar-refractivity contribution in [3.8, 4) is 0 Å². The van der Waals surface area contributed by atoms with E-state index in [1.807, 2.05) is 6.92 Å². The van der Waals surface area contributed by atoms with Gasteiger partial charge >= 0.3 is 0 Å². The second-order valence-corrected chi connectivity index (χ2v) is 6.13. The lowest BCUT2D eigenvalue weighted by atomic mass is 9.95. The van der Waals surface area contributed by atoms with Gasteiger partial charge in [0.15, 0.2) is 0 Å². The average molecular weight is 288 g/mol. The van der Waals surface area contributed by atoms with E-state index in [4.69, 9.17) is 5.73 Å². The van der Waals surface area contributed by atoms with Crippen molar-refractivity contribution in [3.63, 3.8) is 0 Å². The fourth-order valence-electron chi connectivity index (χ4n) is 1.73. The fraction of sp³-hybridized carbons (Fsp3) is 0.462. The van der Waals surface area contributed by atoms with Crippen LogP contribution in [0.25, 0.3) is 0 Å². The van der Waals surface area contributed by atoms with Crippen LogP contribution in [-0.4, -0.2) is 23.7 Å². The van der Waals surface area contributed by atoms with Crippen LogP contribution in [0.15, 0.2) is 23.1 Å². The van der Waals surface area contributed by atoms with E-state index in [0.29, 0.717) is 6.42 Å². The second kappa shape index (κ2) is 6.34. The summed E-state index contributed by atoms with van der Waals surface area (Å²) in [4.78, 5) is 11.6. The van der Waals surface area contributed by atoms with Gasteiger partial charge in [-0.2, -0.15) is 0 Å². The zero-order valence-corrected chi connectivity index (χ0v) is 12.0. The lowest BCUT2D eigenvalue weighted by molar-refractivity contribution is -0.123. The summed E-state index contributed by atoms with van der Waals surface area (Å²) in [6, 6.07) is 3.32. The molecule has 3 N–H and O–H groups in total. The average Bonchev–Trinajstić information content (AvgIpc) is 2.33. The van der Waals surface area contributed by atoms with Crippen molar-refractivity contribution in [1.29, 1.82) is 0 Å². The Balaban J connectivity index is 2.77. The molecule has 6 heteroatoms. The number of rotatable bonds is 6. The predicted octanol–water partition coefficient (Wildman–Crippen LogP) is 2.30. The first-order chi connectivity index (χ1) is 8.78. The number of nitrogens with two attached hydrogens (primary N) is 1. The molecule has 1 aromatic rings. The summed E-state index contributed by atoms with van der Waals surface area (Å²) in [7, 11) is 1.64. The molecule has 0 aliphatic heterocycles. The van der Waals surface area contributed by atoms with Crippen molar-refractivity contribution in [1.82, 2.24) is 5.32 Å². The molecule has 1 aromatic carbocycles. The Bertz CT molecular complexity index is 470. The van der Waals surface area contributed by atoms with E-state index in [1.165, 1.54) is 11.8 Å². The number of carbonyl (C=O) groups is 1. The summed E-state index contributed by atoms with van der Waals surface area (Å²) in [5.74, 6) is -1.42.